The normalized spacial score (nSPS) is 14.1. The predicted molar refractivity (Wildman–Crippen MR) is 156 cm³/mol. The lowest BCUT2D eigenvalue weighted by atomic mass is 10.1. The van der Waals surface area contributed by atoms with Gasteiger partial charge in [0.15, 0.2) is 5.75 Å². The zero-order valence-corrected chi connectivity index (χ0v) is 23.7. The predicted octanol–water partition coefficient (Wildman–Crippen LogP) is 5.94. The number of carbonyl (C=O) groups is 1. The van der Waals surface area contributed by atoms with Crippen molar-refractivity contribution in [3.05, 3.63) is 112 Å². The van der Waals surface area contributed by atoms with Crippen molar-refractivity contribution in [3.63, 3.8) is 0 Å². The Kier molecular flexibility index (Phi) is 8.56. The van der Waals surface area contributed by atoms with Gasteiger partial charge in [-0.05, 0) is 60.2 Å². The molecule has 0 spiro atoms. The van der Waals surface area contributed by atoms with Gasteiger partial charge in [-0.3, -0.25) is 19.4 Å². The number of ether oxygens (including phenoxy) is 1. The molecule has 1 aliphatic heterocycles. The van der Waals surface area contributed by atoms with E-state index in [0.717, 1.165) is 25.2 Å². The Hall–Kier alpha value is -3.63. The molecule has 5 rings (SSSR count). The van der Waals surface area contributed by atoms with Crippen LogP contribution in [-0.4, -0.2) is 55.3 Å². The largest absolute Gasteiger partial charge is 0.455 e. The first-order chi connectivity index (χ1) is 19.3. The molecular weight excluding hydrogens is 571 g/mol. The van der Waals surface area contributed by atoms with Crippen LogP contribution >= 0.6 is 23.2 Å². The highest BCUT2D eigenvalue weighted by Gasteiger charge is 2.23. The highest BCUT2D eigenvalue weighted by atomic mass is 35.5. The molecule has 1 aliphatic rings. The number of hydrogen-bond donors (Lipinski definition) is 1. The zero-order valence-electron chi connectivity index (χ0n) is 21.3. The third kappa shape index (κ3) is 6.74. The van der Waals surface area contributed by atoms with E-state index in [0.29, 0.717) is 40.2 Å². The highest BCUT2D eigenvalue weighted by Crippen LogP contribution is 2.34. The summed E-state index contributed by atoms with van der Waals surface area (Å²) in [5.41, 5.74) is 1.82. The van der Waals surface area contributed by atoms with Gasteiger partial charge in [0.2, 0.25) is 0 Å². The molecule has 0 saturated carbocycles. The van der Waals surface area contributed by atoms with Gasteiger partial charge in [0, 0.05) is 56.7 Å². The van der Waals surface area contributed by atoms with Crippen molar-refractivity contribution in [3.8, 4) is 11.5 Å². The van der Waals surface area contributed by atoms with Gasteiger partial charge < -0.3 is 9.64 Å². The summed E-state index contributed by atoms with van der Waals surface area (Å²) >= 11 is 12.0. The first-order valence-electron chi connectivity index (χ1n) is 12.5. The molecule has 1 N–H and O–H groups in total. The summed E-state index contributed by atoms with van der Waals surface area (Å²) in [7, 11) is -3.96. The van der Waals surface area contributed by atoms with Crippen molar-refractivity contribution in [2.45, 2.75) is 11.4 Å². The molecule has 0 atom stereocenters. The maximum absolute atomic E-state index is 13.2. The van der Waals surface area contributed by atoms with Crippen LogP contribution in [0.2, 0.25) is 10.0 Å². The van der Waals surface area contributed by atoms with E-state index in [9.17, 15) is 13.2 Å². The lowest BCUT2D eigenvalue weighted by molar-refractivity contribution is 0.0628. The number of rotatable bonds is 8. The first-order valence-corrected chi connectivity index (χ1v) is 14.8. The lowest BCUT2D eigenvalue weighted by Crippen LogP contribution is -2.48. The van der Waals surface area contributed by atoms with Gasteiger partial charge in [-0.25, -0.2) is 8.42 Å². The maximum atomic E-state index is 13.2. The summed E-state index contributed by atoms with van der Waals surface area (Å²) in [4.78, 5) is 21.3. The third-order valence-electron chi connectivity index (χ3n) is 6.45. The monoisotopic (exact) mass is 596 g/mol. The number of nitrogens with one attached hydrogen (secondary N) is 1. The Balaban J connectivity index is 1.22. The van der Waals surface area contributed by atoms with Crippen LogP contribution in [-0.2, 0) is 16.6 Å². The average molecular weight is 598 g/mol. The standard InChI is InChI=1S/C29H26Cl2N4O4S/c30-25-12-9-23(18-26(25)31)39-28-6-2-1-5-27(28)33-40(37,38)24-10-7-22(8-11-24)29(36)35-16-14-34(15-17-35)20-21-4-3-13-32-19-21/h1-13,18-19,33H,14-17,20H2. The molecule has 1 saturated heterocycles. The number of pyridine rings is 1. The van der Waals surface area contributed by atoms with Crippen LogP contribution in [0, 0.1) is 0 Å². The summed E-state index contributed by atoms with van der Waals surface area (Å²) in [5.74, 6) is 0.569. The van der Waals surface area contributed by atoms with Gasteiger partial charge in [0.25, 0.3) is 15.9 Å². The number of anilines is 1. The minimum Gasteiger partial charge on any atom is -0.455 e. The molecule has 40 heavy (non-hydrogen) atoms. The minimum atomic E-state index is -3.96. The molecule has 2 heterocycles. The molecular formula is C29H26Cl2N4O4S. The molecule has 8 nitrogen and oxygen atoms in total. The van der Waals surface area contributed by atoms with E-state index in [1.165, 1.54) is 24.3 Å². The topological polar surface area (TPSA) is 91.8 Å². The van der Waals surface area contributed by atoms with E-state index in [1.54, 1.807) is 53.6 Å². The molecule has 0 bridgehead atoms. The fraction of sp³-hybridized carbons (Fsp3) is 0.172. The SMILES string of the molecule is O=C(c1ccc(S(=O)(=O)Nc2ccccc2Oc2ccc(Cl)c(Cl)c2)cc1)N1CCN(Cc2cccnc2)CC1. The fourth-order valence-corrected chi connectivity index (χ4v) is 5.69. The molecule has 1 amide bonds. The van der Waals surface area contributed by atoms with Crippen LogP contribution in [0.4, 0.5) is 5.69 Å². The number of hydrogen-bond acceptors (Lipinski definition) is 6. The van der Waals surface area contributed by atoms with E-state index in [2.05, 4.69) is 14.6 Å². The fourth-order valence-electron chi connectivity index (χ4n) is 4.33. The van der Waals surface area contributed by atoms with Crippen molar-refractivity contribution < 1.29 is 17.9 Å². The lowest BCUT2D eigenvalue weighted by Gasteiger charge is -2.34. The van der Waals surface area contributed by atoms with Crippen molar-refractivity contribution in [1.29, 1.82) is 0 Å². The Morgan fingerprint density at radius 2 is 1.65 bits per heavy atom. The van der Waals surface area contributed by atoms with Crippen LogP contribution in [0.25, 0.3) is 0 Å². The number of piperazine rings is 1. The summed E-state index contributed by atoms with van der Waals surface area (Å²) in [5, 5.41) is 0.700. The smallest absolute Gasteiger partial charge is 0.262 e. The Morgan fingerprint density at radius 1 is 0.900 bits per heavy atom. The third-order valence-corrected chi connectivity index (χ3v) is 8.57. The van der Waals surface area contributed by atoms with Gasteiger partial charge in [-0.2, -0.15) is 0 Å². The second-order valence-electron chi connectivity index (χ2n) is 9.23. The second-order valence-corrected chi connectivity index (χ2v) is 11.7. The van der Waals surface area contributed by atoms with Crippen molar-refractivity contribution in [2.24, 2.45) is 0 Å². The van der Waals surface area contributed by atoms with Gasteiger partial charge in [0.1, 0.15) is 5.75 Å². The van der Waals surface area contributed by atoms with E-state index >= 15 is 0 Å². The number of halogens is 2. The van der Waals surface area contributed by atoms with E-state index < -0.39 is 10.0 Å². The van der Waals surface area contributed by atoms with Gasteiger partial charge in [-0.1, -0.05) is 41.4 Å². The average Bonchev–Trinajstić information content (AvgIpc) is 2.96. The molecule has 0 aliphatic carbocycles. The maximum Gasteiger partial charge on any atom is 0.262 e. The number of sulfonamides is 1. The van der Waals surface area contributed by atoms with Crippen molar-refractivity contribution in [1.82, 2.24) is 14.8 Å². The van der Waals surface area contributed by atoms with Crippen LogP contribution < -0.4 is 9.46 Å². The number of para-hydroxylation sites is 2. The highest BCUT2D eigenvalue weighted by molar-refractivity contribution is 7.92. The van der Waals surface area contributed by atoms with E-state index in [4.69, 9.17) is 27.9 Å². The Labute approximate surface area is 243 Å². The molecule has 0 radical (unpaired) electrons. The van der Waals surface area contributed by atoms with Gasteiger partial charge in [-0.15, -0.1) is 0 Å². The second kappa shape index (κ2) is 12.3. The summed E-state index contributed by atoms with van der Waals surface area (Å²) in [6.45, 7) is 3.48. The summed E-state index contributed by atoms with van der Waals surface area (Å²) in [6, 6.07) is 21.3. The van der Waals surface area contributed by atoms with E-state index in [1.807, 2.05) is 18.3 Å². The molecule has 1 aromatic heterocycles. The number of aromatic nitrogens is 1. The van der Waals surface area contributed by atoms with Gasteiger partial charge >= 0.3 is 0 Å². The zero-order chi connectivity index (χ0) is 28.1. The quantitative estimate of drug-likeness (QED) is 0.271. The summed E-state index contributed by atoms with van der Waals surface area (Å²) < 4.78 is 34.8. The van der Waals surface area contributed by atoms with Crippen LogP contribution in [0.1, 0.15) is 15.9 Å². The molecule has 206 valence electrons. The molecule has 4 aromatic rings. The summed E-state index contributed by atoms with van der Waals surface area (Å²) in [6.07, 6.45) is 3.60. The molecule has 3 aromatic carbocycles. The molecule has 1 fully saturated rings. The van der Waals surface area contributed by atoms with Crippen molar-refractivity contribution >= 4 is 44.8 Å². The number of nitrogens with zero attached hydrogens (tertiary/aromatic N) is 3. The van der Waals surface area contributed by atoms with Crippen LogP contribution in [0.15, 0.2) is 96.2 Å². The van der Waals surface area contributed by atoms with E-state index in [-0.39, 0.29) is 16.5 Å². The Bertz CT molecular complexity index is 1590. The van der Waals surface area contributed by atoms with Crippen LogP contribution in [0.5, 0.6) is 11.5 Å². The number of carbonyl (C=O) groups excluding carboxylic acids is 1. The Morgan fingerprint density at radius 3 is 2.35 bits per heavy atom. The van der Waals surface area contributed by atoms with Crippen LogP contribution in [0.3, 0.4) is 0 Å². The molecule has 11 heteroatoms. The minimum absolute atomic E-state index is 0.0229. The molecule has 0 unspecified atom stereocenters. The number of amides is 1. The van der Waals surface area contributed by atoms with Gasteiger partial charge in [0.05, 0.1) is 20.6 Å². The first kappa shape index (κ1) is 27.9. The number of benzene rings is 3. The van der Waals surface area contributed by atoms with Crippen molar-refractivity contribution in [2.75, 3.05) is 30.9 Å².